The topological polar surface area (TPSA) is 31.2 Å². The van der Waals surface area contributed by atoms with E-state index >= 15 is 0 Å². The lowest BCUT2D eigenvalue weighted by Crippen LogP contribution is -2.20. The van der Waals surface area contributed by atoms with Crippen LogP contribution in [0.1, 0.15) is 18.9 Å². The zero-order chi connectivity index (χ0) is 18.1. The van der Waals surface area contributed by atoms with Gasteiger partial charge in [-0.3, -0.25) is 4.79 Å². The summed E-state index contributed by atoms with van der Waals surface area (Å²) in [5, 5.41) is 0. The van der Waals surface area contributed by atoms with Crippen LogP contribution in [0.5, 0.6) is 5.75 Å². The fourth-order valence-corrected chi connectivity index (χ4v) is 2.75. The van der Waals surface area contributed by atoms with Gasteiger partial charge in [0.05, 0.1) is 0 Å². The van der Waals surface area contributed by atoms with Gasteiger partial charge in [0.15, 0.2) is 0 Å². The molecule has 2 rings (SSSR count). The Hall–Kier alpha value is -2.33. The van der Waals surface area contributed by atoms with Crippen LogP contribution in [0, 0.1) is 0 Å². The van der Waals surface area contributed by atoms with E-state index in [1.54, 1.807) is 16.8 Å². The Morgan fingerprint density at radius 3 is 2.76 bits per heavy atom. The van der Waals surface area contributed by atoms with Crippen molar-refractivity contribution >= 4 is 15.9 Å². The van der Waals surface area contributed by atoms with E-state index in [-0.39, 0.29) is 5.56 Å². The summed E-state index contributed by atoms with van der Waals surface area (Å²) in [4.78, 5) is 12.4. The number of halogens is 1. The molecule has 0 unspecified atom stereocenters. The fourth-order valence-electron chi connectivity index (χ4n) is 2.28. The average molecular weight is 400 g/mol. The minimum atomic E-state index is -0.0858. The second-order valence-corrected chi connectivity index (χ2v) is 6.40. The van der Waals surface area contributed by atoms with Crippen LogP contribution in [0.15, 0.2) is 88.3 Å². The largest absolute Gasteiger partial charge is 0.487 e. The first-order valence-corrected chi connectivity index (χ1v) is 8.92. The highest BCUT2D eigenvalue weighted by atomic mass is 79.9. The maximum Gasteiger partial charge on any atom is 0.268 e. The summed E-state index contributed by atoms with van der Waals surface area (Å²) in [6, 6.07) is 11.7. The Morgan fingerprint density at radius 1 is 1.28 bits per heavy atom. The molecule has 0 aliphatic heterocycles. The summed E-state index contributed by atoms with van der Waals surface area (Å²) >= 11 is 3.36. The summed E-state index contributed by atoms with van der Waals surface area (Å²) in [6.45, 7) is 6.73. The molecule has 0 spiro atoms. The van der Waals surface area contributed by atoms with E-state index in [1.165, 1.54) is 0 Å². The highest BCUT2D eigenvalue weighted by Gasteiger charge is 2.08. The number of allylic oxidation sites excluding steroid dienone is 5. The van der Waals surface area contributed by atoms with Gasteiger partial charge in [-0.2, -0.15) is 0 Å². The van der Waals surface area contributed by atoms with Gasteiger partial charge in [-0.1, -0.05) is 66.8 Å². The molecule has 25 heavy (non-hydrogen) atoms. The molecule has 0 aliphatic rings. The number of aromatic nitrogens is 1. The fraction of sp³-hybridized carbons (Fsp3) is 0.190. The zero-order valence-corrected chi connectivity index (χ0v) is 15.9. The SMILES string of the molecule is C=C/C=C(C)\C=C/CCn1ccc(OCc2ccccc2)c(Br)c1=O. The zero-order valence-electron chi connectivity index (χ0n) is 14.3. The van der Waals surface area contributed by atoms with E-state index in [9.17, 15) is 4.79 Å². The molecule has 4 heteroatoms. The van der Waals surface area contributed by atoms with Crippen molar-refractivity contribution in [1.29, 1.82) is 0 Å². The molecule has 0 N–H and O–H groups in total. The lowest BCUT2D eigenvalue weighted by atomic mass is 10.2. The van der Waals surface area contributed by atoms with Crippen LogP contribution >= 0.6 is 15.9 Å². The summed E-state index contributed by atoms with van der Waals surface area (Å²) < 4.78 is 7.88. The van der Waals surface area contributed by atoms with Gasteiger partial charge in [0.2, 0.25) is 0 Å². The minimum Gasteiger partial charge on any atom is -0.487 e. The predicted molar refractivity (Wildman–Crippen MR) is 107 cm³/mol. The highest BCUT2D eigenvalue weighted by molar-refractivity contribution is 9.10. The molecule has 0 saturated carbocycles. The molecule has 0 bridgehead atoms. The Balaban J connectivity index is 1.98. The molecule has 0 radical (unpaired) electrons. The Labute approximate surface area is 157 Å². The van der Waals surface area contributed by atoms with Crippen LogP contribution in [0.2, 0.25) is 0 Å². The van der Waals surface area contributed by atoms with Gasteiger partial charge in [0, 0.05) is 12.7 Å². The first-order chi connectivity index (χ1) is 12.1. The highest BCUT2D eigenvalue weighted by Crippen LogP contribution is 2.21. The van der Waals surface area contributed by atoms with Crippen molar-refractivity contribution in [3.8, 4) is 5.75 Å². The number of hydrogen-bond acceptors (Lipinski definition) is 2. The minimum absolute atomic E-state index is 0.0858. The van der Waals surface area contributed by atoms with Crippen molar-refractivity contribution in [3.05, 3.63) is 99.4 Å². The summed E-state index contributed by atoms with van der Waals surface area (Å²) in [7, 11) is 0. The molecule has 0 aliphatic carbocycles. The summed E-state index contributed by atoms with van der Waals surface area (Å²) in [6.07, 6.45) is 10.3. The molecule has 2 aromatic rings. The first kappa shape index (κ1) is 19.0. The van der Waals surface area contributed by atoms with Crippen molar-refractivity contribution in [2.75, 3.05) is 0 Å². The van der Waals surface area contributed by atoms with Crippen molar-refractivity contribution in [2.45, 2.75) is 26.5 Å². The van der Waals surface area contributed by atoms with Gasteiger partial charge in [-0.25, -0.2) is 0 Å². The molecular formula is C21H22BrNO2. The number of hydrogen-bond donors (Lipinski definition) is 0. The van der Waals surface area contributed by atoms with E-state index in [0.717, 1.165) is 17.6 Å². The van der Waals surface area contributed by atoms with Gasteiger partial charge >= 0.3 is 0 Å². The van der Waals surface area contributed by atoms with Crippen molar-refractivity contribution in [2.24, 2.45) is 0 Å². The summed E-state index contributed by atoms with van der Waals surface area (Å²) in [5.41, 5.74) is 2.11. The number of nitrogens with zero attached hydrogens (tertiary/aromatic N) is 1. The Morgan fingerprint density at radius 2 is 2.04 bits per heavy atom. The van der Waals surface area contributed by atoms with Crippen LogP contribution in [-0.4, -0.2) is 4.57 Å². The lowest BCUT2D eigenvalue weighted by molar-refractivity contribution is 0.302. The molecule has 0 fully saturated rings. The third-order valence-corrected chi connectivity index (χ3v) is 4.34. The van der Waals surface area contributed by atoms with E-state index < -0.39 is 0 Å². The van der Waals surface area contributed by atoms with Gasteiger partial charge in [-0.15, -0.1) is 0 Å². The maximum atomic E-state index is 12.4. The predicted octanol–water partition coefficient (Wildman–Crippen LogP) is 5.27. The number of benzene rings is 1. The van der Waals surface area contributed by atoms with Crippen molar-refractivity contribution in [3.63, 3.8) is 0 Å². The Kier molecular flexibility index (Phi) is 7.48. The average Bonchev–Trinajstić information content (AvgIpc) is 2.62. The Bertz CT molecular complexity index is 820. The van der Waals surface area contributed by atoms with Gasteiger partial charge in [0.1, 0.15) is 16.8 Å². The molecule has 3 nitrogen and oxygen atoms in total. The van der Waals surface area contributed by atoms with Crippen LogP contribution in [0.4, 0.5) is 0 Å². The number of pyridine rings is 1. The molecule has 0 saturated heterocycles. The molecular weight excluding hydrogens is 378 g/mol. The van der Waals surface area contributed by atoms with Gasteiger partial charge in [-0.05, 0) is 40.9 Å². The molecule has 0 amide bonds. The van der Waals surface area contributed by atoms with E-state index in [4.69, 9.17) is 4.74 Å². The van der Waals surface area contributed by atoms with Crippen LogP contribution in [-0.2, 0) is 13.2 Å². The lowest BCUT2D eigenvalue weighted by Gasteiger charge is -2.10. The second kappa shape index (κ2) is 9.84. The number of ether oxygens (including phenoxy) is 1. The quantitative estimate of drug-likeness (QED) is 0.566. The van der Waals surface area contributed by atoms with E-state index in [0.29, 0.717) is 23.4 Å². The molecule has 1 aromatic carbocycles. The first-order valence-electron chi connectivity index (χ1n) is 8.13. The van der Waals surface area contributed by atoms with Crippen LogP contribution in [0.3, 0.4) is 0 Å². The number of rotatable bonds is 8. The smallest absolute Gasteiger partial charge is 0.268 e. The van der Waals surface area contributed by atoms with Gasteiger partial charge < -0.3 is 9.30 Å². The normalized spacial score (nSPS) is 11.7. The molecule has 0 atom stereocenters. The standard InChI is InChI=1S/C21H22BrNO2/c1-3-9-17(2)10-7-8-14-23-15-13-19(20(22)21(23)24)25-16-18-11-5-4-6-12-18/h3-7,9-13,15H,1,8,14,16H2,2H3/b10-7-,17-9-. The summed E-state index contributed by atoms with van der Waals surface area (Å²) in [5.74, 6) is 0.561. The third-order valence-electron chi connectivity index (χ3n) is 3.61. The van der Waals surface area contributed by atoms with E-state index in [1.807, 2.05) is 55.5 Å². The van der Waals surface area contributed by atoms with Crippen LogP contribution in [0.25, 0.3) is 0 Å². The second-order valence-electron chi connectivity index (χ2n) is 5.60. The van der Waals surface area contributed by atoms with E-state index in [2.05, 4.69) is 28.6 Å². The van der Waals surface area contributed by atoms with Crippen LogP contribution < -0.4 is 10.3 Å². The number of aryl methyl sites for hydroxylation is 1. The molecule has 1 aromatic heterocycles. The maximum absolute atomic E-state index is 12.4. The molecule has 1 heterocycles. The van der Waals surface area contributed by atoms with Gasteiger partial charge in [0.25, 0.3) is 5.56 Å². The molecule has 130 valence electrons. The van der Waals surface area contributed by atoms with Crippen molar-refractivity contribution in [1.82, 2.24) is 4.57 Å². The third kappa shape index (κ3) is 5.91. The van der Waals surface area contributed by atoms with Crippen molar-refractivity contribution < 1.29 is 4.74 Å². The monoisotopic (exact) mass is 399 g/mol.